The molecule has 20 heavy (non-hydrogen) atoms. The molecule has 0 aliphatic carbocycles. The first-order chi connectivity index (χ1) is 9.38. The van der Waals surface area contributed by atoms with Gasteiger partial charge in [0.05, 0.1) is 5.75 Å². The van der Waals surface area contributed by atoms with Gasteiger partial charge in [-0.15, -0.1) is 0 Å². The van der Waals surface area contributed by atoms with Gasteiger partial charge in [0.1, 0.15) is 6.61 Å². The Labute approximate surface area is 123 Å². The van der Waals surface area contributed by atoms with E-state index in [0.717, 1.165) is 5.56 Å². The summed E-state index contributed by atoms with van der Waals surface area (Å²) in [6.07, 6.45) is 0.549. The second-order valence-electron chi connectivity index (χ2n) is 4.41. The summed E-state index contributed by atoms with van der Waals surface area (Å²) in [4.78, 5) is 13.1. The minimum absolute atomic E-state index is 0.0819. The van der Waals surface area contributed by atoms with E-state index in [4.69, 9.17) is 15.4 Å². The molecule has 0 bridgehead atoms. The molecule has 0 unspecified atom stereocenters. The fraction of sp³-hybridized carbons (Fsp3) is 0.462. The molecule has 112 valence electrons. The Kier molecular flexibility index (Phi) is 6.81. The molecule has 1 amide bonds. The molecule has 5 nitrogen and oxygen atoms in total. The van der Waals surface area contributed by atoms with E-state index in [1.54, 1.807) is 7.05 Å². The average molecular weight is 320 g/mol. The van der Waals surface area contributed by atoms with E-state index in [1.165, 1.54) is 4.90 Å². The number of hydrogen-bond donors (Lipinski definition) is 0. The molecular formula is C13H18ClNO4S. The molecule has 0 aliphatic rings. The molecule has 1 aromatic carbocycles. The minimum Gasteiger partial charge on any atom is -0.445 e. The van der Waals surface area contributed by atoms with Gasteiger partial charge in [-0.3, -0.25) is 0 Å². The van der Waals surface area contributed by atoms with Crippen LogP contribution in [0.4, 0.5) is 4.79 Å². The maximum absolute atomic E-state index is 11.7. The number of amides is 1. The Morgan fingerprint density at radius 3 is 2.50 bits per heavy atom. The van der Waals surface area contributed by atoms with Gasteiger partial charge in [-0.1, -0.05) is 30.3 Å². The van der Waals surface area contributed by atoms with Crippen LogP contribution in [0.15, 0.2) is 30.3 Å². The van der Waals surface area contributed by atoms with Crippen molar-refractivity contribution >= 4 is 25.8 Å². The first-order valence-corrected chi connectivity index (χ1v) is 8.70. The molecule has 0 aromatic heterocycles. The number of halogens is 1. The van der Waals surface area contributed by atoms with Crippen molar-refractivity contribution in [1.29, 1.82) is 0 Å². The molecule has 0 atom stereocenters. The third-order valence-corrected chi connectivity index (χ3v) is 3.89. The summed E-state index contributed by atoms with van der Waals surface area (Å²) in [5, 5.41) is 0. The fourth-order valence-electron chi connectivity index (χ4n) is 1.54. The number of hydrogen-bond acceptors (Lipinski definition) is 4. The summed E-state index contributed by atoms with van der Waals surface area (Å²) in [5.74, 6) is -0.0819. The molecule has 0 radical (unpaired) electrons. The molecule has 0 heterocycles. The SMILES string of the molecule is CN(CCCCS(=O)(=O)Cl)C(=O)OCc1ccccc1. The van der Waals surface area contributed by atoms with E-state index in [-0.39, 0.29) is 12.4 Å². The predicted octanol–water partition coefficient (Wildman–Crippen LogP) is 2.60. The summed E-state index contributed by atoms with van der Waals surface area (Å²) >= 11 is 0. The molecule has 0 fully saturated rings. The van der Waals surface area contributed by atoms with Gasteiger partial charge >= 0.3 is 6.09 Å². The van der Waals surface area contributed by atoms with Crippen LogP contribution in [-0.4, -0.2) is 38.8 Å². The number of unbranched alkanes of at least 4 members (excludes halogenated alkanes) is 1. The Balaban J connectivity index is 2.22. The zero-order valence-corrected chi connectivity index (χ0v) is 12.9. The average Bonchev–Trinajstić information content (AvgIpc) is 2.40. The Morgan fingerprint density at radius 2 is 1.90 bits per heavy atom. The van der Waals surface area contributed by atoms with Crippen molar-refractivity contribution in [2.75, 3.05) is 19.3 Å². The van der Waals surface area contributed by atoms with Gasteiger partial charge in [-0.25, -0.2) is 13.2 Å². The van der Waals surface area contributed by atoms with Gasteiger partial charge in [0.15, 0.2) is 0 Å². The summed E-state index contributed by atoms with van der Waals surface area (Å²) in [6, 6.07) is 9.39. The van der Waals surface area contributed by atoms with Gasteiger partial charge in [-0.05, 0) is 18.4 Å². The second kappa shape index (κ2) is 8.11. The number of carbonyl (C=O) groups excluding carboxylic acids is 1. The van der Waals surface area contributed by atoms with E-state index in [1.807, 2.05) is 30.3 Å². The molecular weight excluding hydrogens is 302 g/mol. The Hall–Kier alpha value is -1.27. The molecule has 0 saturated heterocycles. The zero-order valence-electron chi connectivity index (χ0n) is 11.3. The van der Waals surface area contributed by atoms with Crippen molar-refractivity contribution in [2.24, 2.45) is 0 Å². The van der Waals surface area contributed by atoms with E-state index < -0.39 is 15.1 Å². The standard InChI is InChI=1S/C13H18ClNO4S/c1-15(9-5-6-10-20(14,17)18)13(16)19-11-12-7-3-2-4-8-12/h2-4,7-8H,5-6,9-11H2,1H3. The maximum Gasteiger partial charge on any atom is 0.409 e. The lowest BCUT2D eigenvalue weighted by molar-refractivity contribution is 0.104. The minimum atomic E-state index is -3.45. The summed E-state index contributed by atoms with van der Waals surface area (Å²) in [6.45, 7) is 0.653. The number of rotatable bonds is 7. The molecule has 1 aromatic rings. The third kappa shape index (κ3) is 7.35. The van der Waals surface area contributed by atoms with Gasteiger partial charge < -0.3 is 9.64 Å². The van der Waals surface area contributed by atoms with E-state index in [2.05, 4.69) is 0 Å². The van der Waals surface area contributed by atoms with Crippen LogP contribution < -0.4 is 0 Å². The van der Waals surface area contributed by atoms with Crippen LogP contribution in [0.5, 0.6) is 0 Å². The number of ether oxygens (including phenoxy) is 1. The maximum atomic E-state index is 11.7. The predicted molar refractivity (Wildman–Crippen MR) is 78.1 cm³/mol. The number of nitrogens with zero attached hydrogens (tertiary/aromatic N) is 1. The van der Waals surface area contributed by atoms with Crippen LogP contribution >= 0.6 is 10.7 Å². The third-order valence-electron chi connectivity index (χ3n) is 2.65. The highest BCUT2D eigenvalue weighted by molar-refractivity contribution is 8.13. The zero-order chi connectivity index (χ0) is 15.0. The Morgan fingerprint density at radius 1 is 1.25 bits per heavy atom. The van der Waals surface area contributed by atoms with Gasteiger partial charge in [-0.2, -0.15) is 0 Å². The lowest BCUT2D eigenvalue weighted by atomic mass is 10.2. The largest absolute Gasteiger partial charge is 0.445 e. The van der Waals surface area contributed by atoms with Crippen molar-refractivity contribution in [3.05, 3.63) is 35.9 Å². The van der Waals surface area contributed by atoms with Crippen molar-refractivity contribution in [3.8, 4) is 0 Å². The number of carbonyl (C=O) groups is 1. The molecule has 0 spiro atoms. The van der Waals surface area contributed by atoms with Crippen LogP contribution in [-0.2, 0) is 20.4 Å². The Bertz CT molecular complexity index is 518. The van der Waals surface area contributed by atoms with Crippen LogP contribution in [0, 0.1) is 0 Å². The highest BCUT2D eigenvalue weighted by Gasteiger charge is 2.11. The van der Waals surface area contributed by atoms with E-state index >= 15 is 0 Å². The quantitative estimate of drug-likeness (QED) is 0.572. The van der Waals surface area contributed by atoms with Gasteiger partial charge in [0.2, 0.25) is 9.05 Å². The summed E-state index contributed by atoms with van der Waals surface area (Å²) in [5.41, 5.74) is 0.919. The van der Waals surface area contributed by atoms with E-state index in [0.29, 0.717) is 19.4 Å². The molecule has 1 rings (SSSR count). The fourth-order valence-corrected chi connectivity index (χ4v) is 2.42. The van der Waals surface area contributed by atoms with Crippen LogP contribution in [0.3, 0.4) is 0 Å². The monoisotopic (exact) mass is 319 g/mol. The van der Waals surface area contributed by atoms with Crippen molar-refractivity contribution in [1.82, 2.24) is 4.90 Å². The first-order valence-electron chi connectivity index (χ1n) is 6.22. The van der Waals surface area contributed by atoms with Crippen LogP contribution in [0.1, 0.15) is 18.4 Å². The van der Waals surface area contributed by atoms with Crippen molar-refractivity contribution in [2.45, 2.75) is 19.4 Å². The van der Waals surface area contributed by atoms with Crippen molar-refractivity contribution < 1.29 is 17.9 Å². The lowest BCUT2D eigenvalue weighted by Crippen LogP contribution is -2.28. The topological polar surface area (TPSA) is 63.7 Å². The van der Waals surface area contributed by atoms with Crippen LogP contribution in [0.25, 0.3) is 0 Å². The molecule has 0 N–H and O–H groups in total. The van der Waals surface area contributed by atoms with Gasteiger partial charge in [0.25, 0.3) is 0 Å². The summed E-state index contributed by atoms with van der Waals surface area (Å²) in [7, 11) is 3.26. The van der Waals surface area contributed by atoms with E-state index in [9.17, 15) is 13.2 Å². The molecule has 7 heteroatoms. The molecule has 0 saturated carbocycles. The second-order valence-corrected chi connectivity index (χ2v) is 7.31. The highest BCUT2D eigenvalue weighted by Crippen LogP contribution is 2.05. The smallest absolute Gasteiger partial charge is 0.409 e. The van der Waals surface area contributed by atoms with Crippen molar-refractivity contribution in [3.63, 3.8) is 0 Å². The normalized spacial score (nSPS) is 11.1. The lowest BCUT2D eigenvalue weighted by Gasteiger charge is -2.16. The summed E-state index contributed by atoms with van der Waals surface area (Å²) < 4.78 is 26.6. The highest BCUT2D eigenvalue weighted by atomic mass is 35.7. The first kappa shape index (κ1) is 16.8. The van der Waals surface area contributed by atoms with Gasteiger partial charge in [0, 0.05) is 24.3 Å². The number of benzene rings is 1. The van der Waals surface area contributed by atoms with Crippen LogP contribution in [0.2, 0.25) is 0 Å². The molecule has 0 aliphatic heterocycles.